The van der Waals surface area contributed by atoms with Gasteiger partial charge in [0.2, 0.25) is 0 Å². The number of carbonyl (C=O) groups is 3. The largest absolute Gasteiger partial charge is 0.477 e. The van der Waals surface area contributed by atoms with E-state index in [-0.39, 0.29) is 12.3 Å². The summed E-state index contributed by atoms with van der Waals surface area (Å²) in [7, 11) is 0. The molecular formula is C21H21NO5S. The molecule has 0 atom stereocenters. The molecule has 146 valence electrons. The van der Waals surface area contributed by atoms with Crippen molar-refractivity contribution in [1.29, 1.82) is 0 Å². The average Bonchev–Trinajstić information content (AvgIpc) is 3.06. The van der Waals surface area contributed by atoms with Crippen LogP contribution in [-0.4, -0.2) is 29.4 Å². The van der Waals surface area contributed by atoms with Crippen LogP contribution in [0.2, 0.25) is 0 Å². The minimum atomic E-state index is -1.27. The van der Waals surface area contributed by atoms with Gasteiger partial charge in [-0.1, -0.05) is 30.3 Å². The lowest BCUT2D eigenvalue weighted by Gasteiger charge is -2.12. The van der Waals surface area contributed by atoms with E-state index in [0.717, 1.165) is 42.2 Å². The van der Waals surface area contributed by atoms with Crippen molar-refractivity contribution in [3.8, 4) is 0 Å². The molecule has 0 aliphatic heterocycles. The number of aryl methyl sites for hydroxylation is 1. The van der Waals surface area contributed by atoms with E-state index in [1.807, 2.05) is 0 Å². The highest BCUT2D eigenvalue weighted by molar-refractivity contribution is 7.16. The molecule has 0 amide bonds. The fraction of sp³-hybridized carbons (Fsp3) is 0.286. The van der Waals surface area contributed by atoms with Gasteiger partial charge in [0.25, 0.3) is 0 Å². The van der Waals surface area contributed by atoms with Crippen molar-refractivity contribution in [1.82, 2.24) is 0 Å². The number of ketones is 1. The number of carboxylic acids is 1. The summed E-state index contributed by atoms with van der Waals surface area (Å²) in [6.07, 6.45) is 4.66. The molecule has 28 heavy (non-hydrogen) atoms. The Bertz CT molecular complexity index is 930. The molecule has 0 bridgehead atoms. The molecule has 1 aromatic heterocycles. The molecule has 1 heterocycles. The van der Waals surface area contributed by atoms with Gasteiger partial charge in [-0.3, -0.25) is 4.79 Å². The Balaban J connectivity index is 1.96. The molecule has 2 N–H and O–H groups in total. The highest BCUT2D eigenvalue weighted by Gasteiger charge is 2.27. The van der Waals surface area contributed by atoms with E-state index in [2.05, 4.69) is 5.32 Å². The Morgan fingerprint density at radius 3 is 2.57 bits per heavy atom. The molecule has 1 aliphatic carbocycles. The number of fused-ring (bicyclic) bond motifs is 1. The van der Waals surface area contributed by atoms with Crippen LogP contribution in [0.3, 0.4) is 0 Å². The second-order valence-electron chi connectivity index (χ2n) is 6.35. The van der Waals surface area contributed by atoms with Crippen molar-refractivity contribution in [2.45, 2.75) is 32.6 Å². The second-order valence-corrected chi connectivity index (χ2v) is 7.46. The topological polar surface area (TPSA) is 92.7 Å². The number of thiophene rings is 1. The first-order chi connectivity index (χ1) is 13.5. The average molecular weight is 399 g/mol. The van der Waals surface area contributed by atoms with Crippen molar-refractivity contribution < 1.29 is 24.2 Å². The Hall–Kier alpha value is -2.93. The zero-order valence-electron chi connectivity index (χ0n) is 15.5. The van der Waals surface area contributed by atoms with E-state index >= 15 is 0 Å². The first-order valence-electron chi connectivity index (χ1n) is 9.14. The van der Waals surface area contributed by atoms with Gasteiger partial charge >= 0.3 is 11.9 Å². The van der Waals surface area contributed by atoms with Gasteiger partial charge in [-0.25, -0.2) is 9.59 Å². The van der Waals surface area contributed by atoms with Crippen molar-refractivity contribution in [2.75, 3.05) is 11.9 Å². The normalized spacial score (nSPS) is 13.5. The lowest BCUT2D eigenvalue weighted by Crippen LogP contribution is -2.15. The van der Waals surface area contributed by atoms with E-state index in [1.165, 1.54) is 11.3 Å². The van der Waals surface area contributed by atoms with Crippen molar-refractivity contribution in [3.05, 3.63) is 63.7 Å². The Kier molecular flexibility index (Phi) is 6.26. The molecule has 0 spiro atoms. The smallest absolute Gasteiger partial charge is 0.352 e. The lowest BCUT2D eigenvalue weighted by atomic mass is 9.95. The Labute approximate surface area is 166 Å². The number of carboxylic acid groups (broad SMARTS) is 1. The summed E-state index contributed by atoms with van der Waals surface area (Å²) in [5, 5.41) is 12.8. The molecule has 0 radical (unpaired) electrons. The van der Waals surface area contributed by atoms with Crippen LogP contribution in [0.15, 0.2) is 42.1 Å². The van der Waals surface area contributed by atoms with Crippen LogP contribution >= 0.6 is 11.3 Å². The van der Waals surface area contributed by atoms with Gasteiger partial charge in [0.05, 0.1) is 12.2 Å². The monoisotopic (exact) mass is 399 g/mol. The maximum absolute atomic E-state index is 12.5. The third-order valence-corrected chi connectivity index (χ3v) is 5.67. The van der Waals surface area contributed by atoms with Crippen LogP contribution < -0.4 is 5.32 Å². The van der Waals surface area contributed by atoms with Crippen LogP contribution in [-0.2, 0) is 22.4 Å². The molecule has 7 heteroatoms. The number of carbonyl (C=O) groups excluding carboxylic acids is 2. The first-order valence-corrected chi connectivity index (χ1v) is 9.96. The van der Waals surface area contributed by atoms with E-state index in [4.69, 9.17) is 4.74 Å². The zero-order chi connectivity index (χ0) is 20.1. The molecule has 1 aromatic carbocycles. The highest BCUT2D eigenvalue weighted by atomic mass is 32.1. The fourth-order valence-electron chi connectivity index (χ4n) is 3.16. The lowest BCUT2D eigenvalue weighted by molar-refractivity contribution is -0.132. The van der Waals surface area contributed by atoms with Gasteiger partial charge < -0.3 is 15.2 Å². The Morgan fingerprint density at radius 2 is 1.89 bits per heavy atom. The van der Waals surface area contributed by atoms with Crippen molar-refractivity contribution in [3.63, 3.8) is 0 Å². The number of aliphatic carboxylic acids is 1. The zero-order valence-corrected chi connectivity index (χ0v) is 16.3. The van der Waals surface area contributed by atoms with Gasteiger partial charge in [-0.15, -0.1) is 11.3 Å². The summed E-state index contributed by atoms with van der Waals surface area (Å²) in [5.74, 6) is -2.17. The number of esters is 1. The number of hydrogen-bond acceptors (Lipinski definition) is 6. The number of anilines is 1. The maximum atomic E-state index is 12.5. The van der Waals surface area contributed by atoms with Crippen molar-refractivity contribution in [2.24, 2.45) is 0 Å². The van der Waals surface area contributed by atoms with Gasteiger partial charge in [-0.2, -0.15) is 0 Å². The summed E-state index contributed by atoms with van der Waals surface area (Å²) >= 11 is 1.36. The summed E-state index contributed by atoms with van der Waals surface area (Å²) in [5.41, 5.74) is 1.43. The molecule has 6 nitrogen and oxygen atoms in total. The number of rotatable bonds is 7. The van der Waals surface area contributed by atoms with E-state index in [1.54, 1.807) is 37.3 Å². The summed E-state index contributed by atoms with van der Waals surface area (Å²) < 4.78 is 5.18. The minimum Gasteiger partial charge on any atom is -0.477 e. The van der Waals surface area contributed by atoms with Crippen LogP contribution in [0.4, 0.5) is 5.00 Å². The molecule has 0 unspecified atom stereocenters. The summed E-state index contributed by atoms with van der Waals surface area (Å²) in [6, 6.07) is 8.43. The van der Waals surface area contributed by atoms with Crippen molar-refractivity contribution >= 4 is 34.1 Å². The van der Waals surface area contributed by atoms with Crippen LogP contribution in [0.25, 0.3) is 0 Å². The van der Waals surface area contributed by atoms with Gasteiger partial charge in [0, 0.05) is 16.5 Å². The fourth-order valence-corrected chi connectivity index (χ4v) is 4.45. The van der Waals surface area contributed by atoms with E-state index in [0.29, 0.717) is 16.1 Å². The van der Waals surface area contributed by atoms with Crippen LogP contribution in [0, 0.1) is 0 Å². The quantitative estimate of drug-likeness (QED) is 0.414. The third kappa shape index (κ3) is 4.31. The number of hydrogen-bond donors (Lipinski definition) is 2. The van der Waals surface area contributed by atoms with Gasteiger partial charge in [0.1, 0.15) is 10.7 Å². The molecule has 3 rings (SSSR count). The first kappa shape index (κ1) is 19.8. The van der Waals surface area contributed by atoms with Crippen LogP contribution in [0.5, 0.6) is 0 Å². The number of ether oxygens (including phenoxy) is 1. The van der Waals surface area contributed by atoms with Crippen LogP contribution in [0.1, 0.15) is 50.9 Å². The summed E-state index contributed by atoms with van der Waals surface area (Å²) in [4.78, 5) is 37.7. The SMILES string of the molecule is CCOC(=O)c1c(N/C(=C\C(=O)c2ccccc2)C(=O)O)sc2c1CCCC2. The minimum absolute atomic E-state index is 0.233. The molecule has 0 saturated carbocycles. The van der Waals surface area contributed by atoms with Gasteiger partial charge in [-0.05, 0) is 38.2 Å². The predicted molar refractivity (Wildman–Crippen MR) is 107 cm³/mol. The molecule has 2 aromatic rings. The second kappa shape index (κ2) is 8.84. The molecule has 0 saturated heterocycles. The molecule has 0 fully saturated rings. The molecular weight excluding hydrogens is 378 g/mol. The van der Waals surface area contributed by atoms with E-state index in [9.17, 15) is 19.5 Å². The van der Waals surface area contributed by atoms with E-state index < -0.39 is 17.7 Å². The number of allylic oxidation sites excluding steroid dienone is 1. The third-order valence-electron chi connectivity index (χ3n) is 4.46. The maximum Gasteiger partial charge on any atom is 0.352 e. The predicted octanol–water partition coefficient (Wildman–Crippen LogP) is 4.07. The van der Waals surface area contributed by atoms with Gasteiger partial charge in [0.15, 0.2) is 5.78 Å². The standard InChI is InChI=1S/C21H21NO5S/c1-2-27-21(26)18-14-10-6-7-11-17(14)28-19(18)22-15(20(24)25)12-16(23)13-8-4-3-5-9-13/h3-5,8-9,12,22H,2,6-7,10-11H2,1H3,(H,24,25)/b15-12-. The molecule has 1 aliphatic rings. The Morgan fingerprint density at radius 1 is 1.18 bits per heavy atom. The number of benzene rings is 1. The number of nitrogens with one attached hydrogen (secondary N) is 1. The summed E-state index contributed by atoms with van der Waals surface area (Å²) in [6.45, 7) is 1.96. The highest BCUT2D eigenvalue weighted by Crippen LogP contribution is 2.39.